The summed E-state index contributed by atoms with van der Waals surface area (Å²) in [5, 5.41) is 10.2. The second kappa shape index (κ2) is 7.96. The number of amides is 1. The smallest absolute Gasteiger partial charge is 0.329 e. The van der Waals surface area contributed by atoms with Gasteiger partial charge < -0.3 is 9.64 Å². The molecule has 1 aromatic heterocycles. The Labute approximate surface area is 152 Å². The Balaban J connectivity index is 2.08. The van der Waals surface area contributed by atoms with Crippen LogP contribution in [0.15, 0.2) is 30.3 Å². The molecule has 1 aromatic carbocycles. The van der Waals surface area contributed by atoms with E-state index in [0.29, 0.717) is 11.1 Å². The topological polar surface area (TPSA) is 83.3 Å². The number of para-hydroxylation sites is 1. The average molecular weight is 351 g/mol. The van der Waals surface area contributed by atoms with Crippen LogP contribution in [0.25, 0.3) is 10.9 Å². The highest BCUT2D eigenvalue weighted by Gasteiger charge is 2.27. The summed E-state index contributed by atoms with van der Waals surface area (Å²) in [4.78, 5) is 31.5. The van der Waals surface area contributed by atoms with Crippen LogP contribution in [-0.2, 0) is 9.53 Å². The lowest BCUT2D eigenvalue weighted by Crippen LogP contribution is -2.35. The van der Waals surface area contributed by atoms with Crippen LogP contribution >= 0.6 is 0 Å². The molecule has 1 aliphatic heterocycles. The molecular formula is C20H21N3O3. The number of carbonyl (C=O) groups is 2. The summed E-state index contributed by atoms with van der Waals surface area (Å²) in [6, 6.07) is 10.8. The summed E-state index contributed by atoms with van der Waals surface area (Å²) < 4.78 is 4.98. The fourth-order valence-electron chi connectivity index (χ4n) is 3.25. The van der Waals surface area contributed by atoms with Gasteiger partial charge in [0, 0.05) is 18.5 Å². The summed E-state index contributed by atoms with van der Waals surface area (Å²) in [5.41, 5.74) is 1.33. The van der Waals surface area contributed by atoms with Crippen LogP contribution in [-0.4, -0.2) is 41.5 Å². The van der Waals surface area contributed by atoms with Gasteiger partial charge in [-0.05, 0) is 38.3 Å². The molecule has 6 heteroatoms. The number of hydrogen-bond donors (Lipinski definition) is 0. The molecule has 0 spiro atoms. The van der Waals surface area contributed by atoms with Crippen LogP contribution in [0.1, 0.15) is 48.2 Å². The molecular weight excluding hydrogens is 330 g/mol. The number of ether oxygens (including phenoxy) is 1. The molecule has 1 saturated heterocycles. The monoisotopic (exact) mass is 351 g/mol. The van der Waals surface area contributed by atoms with E-state index in [2.05, 4.69) is 4.98 Å². The largest absolute Gasteiger partial charge is 0.465 e. The number of fused-ring (bicyclic) bond motifs is 1. The van der Waals surface area contributed by atoms with E-state index >= 15 is 0 Å². The van der Waals surface area contributed by atoms with Gasteiger partial charge in [0.15, 0.2) is 5.92 Å². The van der Waals surface area contributed by atoms with Gasteiger partial charge in [-0.3, -0.25) is 14.6 Å². The second-order valence-corrected chi connectivity index (χ2v) is 6.28. The van der Waals surface area contributed by atoms with Crippen molar-refractivity contribution in [2.75, 3.05) is 19.7 Å². The maximum absolute atomic E-state index is 13.1. The first-order valence-electron chi connectivity index (χ1n) is 8.91. The zero-order valence-electron chi connectivity index (χ0n) is 14.8. The molecule has 0 saturated carbocycles. The Morgan fingerprint density at radius 3 is 2.69 bits per heavy atom. The predicted octanol–water partition coefficient (Wildman–Crippen LogP) is 3.03. The third-order valence-corrected chi connectivity index (χ3v) is 4.56. The van der Waals surface area contributed by atoms with E-state index in [9.17, 15) is 14.9 Å². The first-order valence-corrected chi connectivity index (χ1v) is 8.91. The molecule has 6 nitrogen and oxygen atoms in total. The predicted molar refractivity (Wildman–Crippen MR) is 96.5 cm³/mol. The quantitative estimate of drug-likeness (QED) is 0.791. The molecule has 134 valence electrons. The van der Waals surface area contributed by atoms with E-state index in [1.807, 2.05) is 29.2 Å². The van der Waals surface area contributed by atoms with Crippen molar-refractivity contribution in [3.8, 4) is 6.07 Å². The maximum Gasteiger partial charge on any atom is 0.329 e. The summed E-state index contributed by atoms with van der Waals surface area (Å²) in [5.74, 6) is -1.87. The highest BCUT2D eigenvalue weighted by Crippen LogP contribution is 2.25. The zero-order valence-corrected chi connectivity index (χ0v) is 14.8. The van der Waals surface area contributed by atoms with Crippen molar-refractivity contribution in [2.24, 2.45) is 0 Å². The second-order valence-electron chi connectivity index (χ2n) is 6.28. The van der Waals surface area contributed by atoms with Gasteiger partial charge in [-0.25, -0.2) is 0 Å². The third-order valence-electron chi connectivity index (χ3n) is 4.56. The molecule has 0 bridgehead atoms. The van der Waals surface area contributed by atoms with Crippen molar-refractivity contribution in [3.63, 3.8) is 0 Å². The van der Waals surface area contributed by atoms with Crippen LogP contribution in [0.4, 0.5) is 0 Å². The number of rotatable bonds is 4. The number of piperidine rings is 1. The number of nitrogens with zero attached hydrogens (tertiary/aromatic N) is 3. The lowest BCUT2D eigenvalue weighted by molar-refractivity contribution is -0.143. The number of esters is 1. The number of carbonyl (C=O) groups excluding carboxylic acids is 2. The standard InChI is InChI=1S/C20H21N3O3/c1-2-26-20(25)16(13-21)18-12-15(14-8-4-5-9-17(14)22-18)19(24)23-10-6-3-7-11-23/h4-5,8-9,12,16H,2-3,6-7,10-11H2,1H3. The van der Waals surface area contributed by atoms with Gasteiger partial charge in [0.1, 0.15) is 0 Å². The van der Waals surface area contributed by atoms with Crippen molar-refractivity contribution in [3.05, 3.63) is 41.6 Å². The molecule has 2 heterocycles. The number of likely N-dealkylation sites (tertiary alicyclic amines) is 1. The number of pyridine rings is 1. The van der Waals surface area contributed by atoms with Gasteiger partial charge in [-0.15, -0.1) is 0 Å². The van der Waals surface area contributed by atoms with Crippen LogP contribution in [0.3, 0.4) is 0 Å². The maximum atomic E-state index is 13.1. The van der Waals surface area contributed by atoms with E-state index in [4.69, 9.17) is 4.74 Å². The minimum atomic E-state index is -1.15. The van der Waals surface area contributed by atoms with Gasteiger partial charge in [-0.2, -0.15) is 5.26 Å². The van der Waals surface area contributed by atoms with Gasteiger partial charge >= 0.3 is 5.97 Å². The Hall–Kier alpha value is -2.94. The van der Waals surface area contributed by atoms with Gasteiger partial charge in [0.2, 0.25) is 0 Å². The third kappa shape index (κ3) is 3.52. The Morgan fingerprint density at radius 1 is 1.27 bits per heavy atom. The average Bonchev–Trinajstić information content (AvgIpc) is 2.68. The normalized spacial score (nSPS) is 15.3. The fraction of sp³-hybridized carbons (Fsp3) is 0.400. The summed E-state index contributed by atoms with van der Waals surface area (Å²) in [6.07, 6.45) is 3.11. The van der Waals surface area contributed by atoms with Crippen LogP contribution in [0.5, 0.6) is 0 Å². The molecule has 1 unspecified atom stereocenters. The minimum absolute atomic E-state index is 0.0786. The van der Waals surface area contributed by atoms with Crippen molar-refractivity contribution in [1.82, 2.24) is 9.88 Å². The van der Waals surface area contributed by atoms with Crippen LogP contribution in [0, 0.1) is 11.3 Å². The molecule has 0 N–H and O–H groups in total. The fourth-order valence-corrected chi connectivity index (χ4v) is 3.25. The van der Waals surface area contributed by atoms with E-state index in [0.717, 1.165) is 37.7 Å². The Morgan fingerprint density at radius 2 is 2.00 bits per heavy atom. The number of benzene rings is 1. The first kappa shape index (κ1) is 17.9. The summed E-state index contributed by atoms with van der Waals surface area (Å²) in [7, 11) is 0. The lowest BCUT2D eigenvalue weighted by Gasteiger charge is -2.27. The number of aromatic nitrogens is 1. The molecule has 0 radical (unpaired) electrons. The van der Waals surface area contributed by atoms with E-state index in [1.165, 1.54) is 0 Å². The first-order chi connectivity index (χ1) is 12.7. The Kier molecular flexibility index (Phi) is 5.47. The van der Waals surface area contributed by atoms with Crippen molar-refractivity contribution >= 4 is 22.8 Å². The molecule has 1 aliphatic rings. The summed E-state index contributed by atoms with van der Waals surface area (Å²) >= 11 is 0. The van der Waals surface area contributed by atoms with Gasteiger partial charge in [0.05, 0.1) is 29.5 Å². The van der Waals surface area contributed by atoms with Gasteiger partial charge in [0.25, 0.3) is 5.91 Å². The van der Waals surface area contributed by atoms with Gasteiger partial charge in [-0.1, -0.05) is 18.2 Å². The molecule has 1 amide bonds. The van der Waals surface area contributed by atoms with Crippen molar-refractivity contribution in [1.29, 1.82) is 5.26 Å². The molecule has 1 atom stereocenters. The van der Waals surface area contributed by atoms with Crippen molar-refractivity contribution < 1.29 is 14.3 Å². The highest BCUT2D eigenvalue weighted by atomic mass is 16.5. The van der Waals surface area contributed by atoms with E-state index in [-0.39, 0.29) is 18.2 Å². The van der Waals surface area contributed by atoms with E-state index in [1.54, 1.807) is 19.1 Å². The van der Waals surface area contributed by atoms with E-state index < -0.39 is 11.9 Å². The minimum Gasteiger partial charge on any atom is -0.465 e. The Bertz CT molecular complexity index is 866. The molecule has 2 aromatic rings. The SMILES string of the molecule is CCOC(=O)C(C#N)c1cc(C(=O)N2CCCCC2)c2ccccc2n1. The molecule has 3 rings (SSSR count). The summed E-state index contributed by atoms with van der Waals surface area (Å²) in [6.45, 7) is 3.32. The van der Waals surface area contributed by atoms with Crippen LogP contribution < -0.4 is 0 Å². The molecule has 0 aliphatic carbocycles. The van der Waals surface area contributed by atoms with Crippen LogP contribution in [0.2, 0.25) is 0 Å². The lowest BCUT2D eigenvalue weighted by atomic mass is 9.99. The molecule has 1 fully saturated rings. The number of hydrogen-bond acceptors (Lipinski definition) is 5. The van der Waals surface area contributed by atoms with Crippen molar-refractivity contribution in [2.45, 2.75) is 32.1 Å². The number of nitriles is 1. The zero-order chi connectivity index (χ0) is 18.5. The molecule has 26 heavy (non-hydrogen) atoms. The highest BCUT2D eigenvalue weighted by molar-refractivity contribution is 6.06.